The van der Waals surface area contributed by atoms with Gasteiger partial charge < -0.3 is 14.4 Å². The second-order valence-electron chi connectivity index (χ2n) is 6.51. The summed E-state index contributed by atoms with van der Waals surface area (Å²) in [5.41, 5.74) is 2.02. The van der Waals surface area contributed by atoms with Gasteiger partial charge in [-0.2, -0.15) is 4.31 Å². The molecule has 0 aromatic heterocycles. The summed E-state index contributed by atoms with van der Waals surface area (Å²) in [6, 6.07) is 4.57. The molecule has 2 heterocycles. The number of nitrogens with zero attached hydrogens (tertiary/aromatic N) is 2. The highest BCUT2D eigenvalue weighted by molar-refractivity contribution is 7.89. The summed E-state index contributed by atoms with van der Waals surface area (Å²) in [6.07, 6.45) is 0.806. The lowest BCUT2D eigenvalue weighted by molar-refractivity contribution is -0.132. The van der Waals surface area contributed by atoms with Crippen LogP contribution in [0.2, 0.25) is 0 Å². The summed E-state index contributed by atoms with van der Waals surface area (Å²) in [5, 5.41) is 0. The molecule has 0 bridgehead atoms. The molecule has 28 heavy (non-hydrogen) atoms. The summed E-state index contributed by atoms with van der Waals surface area (Å²) >= 11 is 0. The number of hydrazine groups is 1. The van der Waals surface area contributed by atoms with Crippen molar-refractivity contribution in [2.45, 2.75) is 24.2 Å². The average Bonchev–Trinajstić information content (AvgIpc) is 2.73. The van der Waals surface area contributed by atoms with Crippen LogP contribution in [0, 0.1) is 0 Å². The van der Waals surface area contributed by atoms with E-state index >= 15 is 0 Å². The number of fused-ring (bicyclic) bond motifs is 1. The third-order valence-corrected chi connectivity index (χ3v) is 6.59. The number of carbonyl (C=O) groups excluding carboxylic acids is 2. The number of carbonyl (C=O) groups is 2. The summed E-state index contributed by atoms with van der Waals surface area (Å²) in [5.74, 6) is 5.54. The van der Waals surface area contributed by atoms with Gasteiger partial charge in [-0.3, -0.25) is 15.0 Å². The van der Waals surface area contributed by atoms with E-state index in [2.05, 4.69) is 0 Å². The third-order valence-electron chi connectivity index (χ3n) is 4.70. The van der Waals surface area contributed by atoms with Crippen LogP contribution in [0.1, 0.15) is 19.3 Å². The molecule has 0 radical (unpaired) electrons. The molecule has 3 N–H and O–H groups in total. The smallest absolute Gasteiger partial charge is 0.243 e. The van der Waals surface area contributed by atoms with Gasteiger partial charge in [0.05, 0.1) is 4.90 Å². The van der Waals surface area contributed by atoms with Crippen molar-refractivity contribution in [2.24, 2.45) is 5.84 Å². The zero-order valence-electron chi connectivity index (χ0n) is 15.4. The highest BCUT2D eigenvalue weighted by atomic mass is 32.2. The first kappa shape index (κ1) is 20.4. The molecule has 0 spiro atoms. The van der Waals surface area contributed by atoms with Crippen molar-refractivity contribution in [3.05, 3.63) is 18.2 Å². The number of ether oxygens (including phenoxy) is 2. The Kier molecular flexibility index (Phi) is 6.37. The molecule has 1 saturated heterocycles. The molecule has 1 aromatic rings. The molecular formula is C17H24N4O6S. The van der Waals surface area contributed by atoms with Gasteiger partial charge in [-0.25, -0.2) is 14.3 Å². The first-order chi connectivity index (χ1) is 13.4. The molecule has 0 atom stereocenters. The summed E-state index contributed by atoms with van der Waals surface area (Å²) in [7, 11) is -3.68. The zero-order chi connectivity index (χ0) is 20.1. The van der Waals surface area contributed by atoms with Crippen LogP contribution in [0.25, 0.3) is 0 Å². The van der Waals surface area contributed by atoms with E-state index in [9.17, 15) is 18.0 Å². The molecule has 11 heteroatoms. The maximum atomic E-state index is 12.9. The second-order valence-corrected chi connectivity index (χ2v) is 8.45. The minimum atomic E-state index is -3.68. The van der Waals surface area contributed by atoms with E-state index in [0.717, 1.165) is 0 Å². The van der Waals surface area contributed by atoms with Gasteiger partial charge in [0.15, 0.2) is 11.5 Å². The van der Waals surface area contributed by atoms with Crippen LogP contribution < -0.4 is 20.7 Å². The number of nitrogens with two attached hydrogens (primary N) is 1. The number of amides is 2. The van der Waals surface area contributed by atoms with Gasteiger partial charge in [-0.15, -0.1) is 0 Å². The number of sulfonamides is 1. The fourth-order valence-electron chi connectivity index (χ4n) is 3.14. The van der Waals surface area contributed by atoms with Crippen molar-refractivity contribution in [3.8, 4) is 11.5 Å². The summed E-state index contributed by atoms with van der Waals surface area (Å²) in [6.45, 7) is 1.87. The number of benzene rings is 1. The molecule has 2 amide bonds. The summed E-state index contributed by atoms with van der Waals surface area (Å²) in [4.78, 5) is 25.1. The van der Waals surface area contributed by atoms with Gasteiger partial charge >= 0.3 is 0 Å². The Hall–Kier alpha value is -2.37. The summed E-state index contributed by atoms with van der Waals surface area (Å²) < 4.78 is 38.0. The van der Waals surface area contributed by atoms with Crippen LogP contribution in [-0.2, 0) is 19.6 Å². The molecule has 0 aliphatic carbocycles. The van der Waals surface area contributed by atoms with Crippen molar-refractivity contribution >= 4 is 21.8 Å². The molecule has 10 nitrogen and oxygen atoms in total. The fourth-order valence-corrected chi connectivity index (χ4v) is 4.58. The Bertz CT molecular complexity index is 836. The Balaban J connectivity index is 1.56. The molecular weight excluding hydrogens is 388 g/mol. The molecule has 1 fully saturated rings. The highest BCUT2D eigenvalue weighted by Crippen LogP contribution is 2.33. The Morgan fingerprint density at radius 3 is 2.39 bits per heavy atom. The largest absolute Gasteiger partial charge is 0.486 e. The van der Waals surface area contributed by atoms with E-state index in [-0.39, 0.29) is 42.6 Å². The number of rotatable bonds is 6. The topological polar surface area (TPSA) is 131 Å². The number of hydrogen-bond donors (Lipinski definition) is 2. The molecule has 3 rings (SSSR count). The Labute approximate surface area is 163 Å². The van der Waals surface area contributed by atoms with E-state index in [1.54, 1.807) is 11.0 Å². The SMILES string of the molecule is NNC(=O)CCCC(=O)N1CCN(S(=O)(=O)c2ccc3c(c2)OCCO3)CC1. The first-order valence-corrected chi connectivity index (χ1v) is 10.5. The van der Waals surface area contributed by atoms with Crippen LogP contribution in [0.3, 0.4) is 0 Å². The molecule has 2 aliphatic rings. The second kappa shape index (κ2) is 8.76. The average molecular weight is 412 g/mol. The monoisotopic (exact) mass is 412 g/mol. The fraction of sp³-hybridized carbons (Fsp3) is 0.529. The van der Waals surface area contributed by atoms with Gasteiger partial charge in [0, 0.05) is 45.1 Å². The van der Waals surface area contributed by atoms with Crippen molar-refractivity contribution in [1.29, 1.82) is 0 Å². The molecule has 2 aliphatic heterocycles. The molecule has 0 saturated carbocycles. The maximum Gasteiger partial charge on any atom is 0.243 e. The lowest BCUT2D eigenvalue weighted by atomic mass is 10.2. The third kappa shape index (κ3) is 4.54. The van der Waals surface area contributed by atoms with Crippen LogP contribution in [0.5, 0.6) is 11.5 Å². The normalized spacial score (nSPS) is 17.2. The van der Waals surface area contributed by atoms with E-state index in [0.29, 0.717) is 44.2 Å². The molecule has 0 unspecified atom stereocenters. The Morgan fingerprint density at radius 2 is 1.71 bits per heavy atom. The molecule has 154 valence electrons. The highest BCUT2D eigenvalue weighted by Gasteiger charge is 2.31. The number of nitrogens with one attached hydrogen (secondary N) is 1. The van der Waals surface area contributed by atoms with Crippen molar-refractivity contribution in [3.63, 3.8) is 0 Å². The first-order valence-electron chi connectivity index (χ1n) is 9.09. The zero-order valence-corrected chi connectivity index (χ0v) is 16.2. The van der Waals surface area contributed by atoms with Gasteiger partial charge in [0.1, 0.15) is 13.2 Å². The number of hydrogen-bond acceptors (Lipinski definition) is 7. The van der Waals surface area contributed by atoms with E-state index in [4.69, 9.17) is 15.3 Å². The standard InChI is InChI=1S/C17H24N4O6S/c18-19-16(22)2-1-3-17(23)20-6-8-21(9-7-20)28(24,25)13-4-5-14-15(12-13)27-11-10-26-14/h4-5,12H,1-3,6-11,18H2,(H,19,22). The lowest BCUT2D eigenvalue weighted by Gasteiger charge is -2.34. The van der Waals surface area contributed by atoms with Gasteiger partial charge in [0.2, 0.25) is 21.8 Å². The van der Waals surface area contributed by atoms with E-state index < -0.39 is 10.0 Å². The van der Waals surface area contributed by atoms with Crippen molar-refractivity contribution in [2.75, 3.05) is 39.4 Å². The minimum absolute atomic E-state index is 0.0961. The van der Waals surface area contributed by atoms with Crippen LogP contribution in [-0.4, -0.2) is 68.8 Å². The Morgan fingerprint density at radius 1 is 1.04 bits per heavy atom. The van der Waals surface area contributed by atoms with Crippen LogP contribution in [0.4, 0.5) is 0 Å². The van der Waals surface area contributed by atoms with Crippen LogP contribution >= 0.6 is 0 Å². The molecule has 1 aromatic carbocycles. The lowest BCUT2D eigenvalue weighted by Crippen LogP contribution is -2.50. The van der Waals surface area contributed by atoms with Gasteiger partial charge in [-0.1, -0.05) is 0 Å². The predicted octanol–water partition coefficient (Wildman–Crippen LogP) is -0.549. The van der Waals surface area contributed by atoms with Gasteiger partial charge in [0.25, 0.3) is 0 Å². The van der Waals surface area contributed by atoms with Crippen LogP contribution in [0.15, 0.2) is 23.1 Å². The van der Waals surface area contributed by atoms with E-state index in [1.165, 1.54) is 16.4 Å². The predicted molar refractivity (Wildman–Crippen MR) is 99.0 cm³/mol. The van der Waals surface area contributed by atoms with Crippen molar-refractivity contribution < 1.29 is 27.5 Å². The van der Waals surface area contributed by atoms with E-state index in [1.807, 2.05) is 5.43 Å². The quantitative estimate of drug-likeness (QED) is 0.364. The minimum Gasteiger partial charge on any atom is -0.486 e. The number of piperazine rings is 1. The van der Waals surface area contributed by atoms with Crippen molar-refractivity contribution in [1.82, 2.24) is 14.6 Å². The van der Waals surface area contributed by atoms with Gasteiger partial charge in [-0.05, 0) is 18.6 Å². The maximum absolute atomic E-state index is 12.9.